The van der Waals surface area contributed by atoms with Crippen LogP contribution in [0.4, 0.5) is 0 Å². The van der Waals surface area contributed by atoms with Crippen molar-refractivity contribution in [3.8, 4) is 0 Å². The molecule has 9 heteroatoms. The van der Waals surface area contributed by atoms with Gasteiger partial charge in [-0.1, -0.05) is 0 Å². The van der Waals surface area contributed by atoms with E-state index in [0.29, 0.717) is 6.29 Å². The Hall–Kier alpha value is 0.0800. The van der Waals surface area contributed by atoms with E-state index in [9.17, 15) is 19.2 Å². The number of amides is 1. The topological polar surface area (TPSA) is 121 Å². The number of carboxylic acids is 2. The van der Waals surface area contributed by atoms with Crippen molar-refractivity contribution in [3.05, 3.63) is 0 Å². The van der Waals surface area contributed by atoms with Crippen LogP contribution < -0.4 is 64.4 Å². The van der Waals surface area contributed by atoms with Gasteiger partial charge in [0.05, 0.1) is 6.42 Å². The van der Waals surface area contributed by atoms with Crippen LogP contribution in [-0.4, -0.2) is 40.4 Å². The third-order valence-electron chi connectivity index (χ3n) is 1.77. The van der Waals surface area contributed by atoms with Crippen molar-refractivity contribution < 1.29 is 91.4 Å². The predicted octanol–water partition coefficient (Wildman–Crippen LogP) is -6.37. The van der Waals surface area contributed by atoms with Crippen LogP contribution in [0.25, 0.3) is 0 Å². The standard InChI is InChI=1S/C9H13NO6.2Na.2H/c11-5-1-2-6(9(15)16)10-7(12)3-4-8(13)14;;;;/h5-6H,1-4H2,(H,10,12)(H,13,14)(H,15,16);;;;/q;2*+1;2*-1. The molecular weight excluding hydrogens is 264 g/mol. The Balaban J connectivity index is -0.000000187. The second-order valence-electron chi connectivity index (χ2n) is 3.10. The first-order valence-electron chi connectivity index (χ1n) is 4.65. The van der Waals surface area contributed by atoms with E-state index >= 15 is 0 Å². The van der Waals surface area contributed by atoms with Crippen molar-refractivity contribution in [2.75, 3.05) is 0 Å². The van der Waals surface area contributed by atoms with Gasteiger partial charge in [0.2, 0.25) is 5.91 Å². The summed E-state index contributed by atoms with van der Waals surface area (Å²) < 4.78 is 0. The SMILES string of the molecule is O=CCCC(NC(=O)CCC(=O)O)C(=O)O.[H-].[H-].[Na+].[Na+]. The van der Waals surface area contributed by atoms with Gasteiger partial charge in [-0.05, 0) is 6.42 Å². The fourth-order valence-electron chi connectivity index (χ4n) is 0.979. The minimum atomic E-state index is -1.24. The number of carbonyl (C=O) groups is 4. The average Bonchev–Trinajstić information content (AvgIpc) is 2.20. The fraction of sp³-hybridized carbons (Fsp3) is 0.556. The molecule has 0 aliphatic rings. The molecule has 0 aliphatic carbocycles. The number of aliphatic carboxylic acids is 2. The summed E-state index contributed by atoms with van der Waals surface area (Å²) in [5, 5.41) is 19.1. The third-order valence-corrected chi connectivity index (χ3v) is 1.77. The molecule has 0 heterocycles. The molecule has 0 bridgehead atoms. The number of aldehydes is 1. The van der Waals surface area contributed by atoms with Crippen LogP contribution >= 0.6 is 0 Å². The summed E-state index contributed by atoms with van der Waals surface area (Å²) in [6, 6.07) is -1.15. The Morgan fingerprint density at radius 2 is 1.72 bits per heavy atom. The van der Waals surface area contributed by atoms with Crippen molar-refractivity contribution >= 4 is 24.1 Å². The van der Waals surface area contributed by atoms with Gasteiger partial charge < -0.3 is 23.2 Å². The van der Waals surface area contributed by atoms with E-state index in [4.69, 9.17) is 10.2 Å². The molecule has 0 radical (unpaired) electrons. The van der Waals surface area contributed by atoms with Crippen molar-refractivity contribution in [1.82, 2.24) is 5.32 Å². The van der Waals surface area contributed by atoms with Gasteiger partial charge in [0.25, 0.3) is 0 Å². The summed E-state index contributed by atoms with van der Waals surface area (Å²) in [6.07, 6.45) is -0.0563. The monoisotopic (exact) mass is 279 g/mol. The van der Waals surface area contributed by atoms with E-state index in [1.807, 2.05) is 0 Å². The van der Waals surface area contributed by atoms with Gasteiger partial charge in [-0.3, -0.25) is 9.59 Å². The maximum atomic E-state index is 11.1. The Morgan fingerprint density at radius 1 is 1.17 bits per heavy atom. The minimum Gasteiger partial charge on any atom is -1.00 e. The fourth-order valence-corrected chi connectivity index (χ4v) is 0.979. The van der Waals surface area contributed by atoms with Gasteiger partial charge in [-0.15, -0.1) is 0 Å². The van der Waals surface area contributed by atoms with Crippen LogP contribution in [0.2, 0.25) is 0 Å². The molecular formula is C9H15NNa2O6. The minimum absolute atomic E-state index is 0. The third kappa shape index (κ3) is 12.5. The van der Waals surface area contributed by atoms with Gasteiger partial charge in [-0.2, -0.15) is 0 Å². The number of hydrogen-bond acceptors (Lipinski definition) is 4. The van der Waals surface area contributed by atoms with Crippen LogP contribution in [-0.2, 0) is 19.2 Å². The first kappa shape index (κ1) is 23.2. The molecule has 0 aromatic rings. The van der Waals surface area contributed by atoms with Crippen molar-refractivity contribution in [2.45, 2.75) is 31.7 Å². The predicted molar refractivity (Wildman–Crippen MR) is 54.0 cm³/mol. The summed E-state index contributed by atoms with van der Waals surface area (Å²) in [7, 11) is 0. The second-order valence-corrected chi connectivity index (χ2v) is 3.10. The van der Waals surface area contributed by atoms with Crippen molar-refractivity contribution in [1.29, 1.82) is 0 Å². The van der Waals surface area contributed by atoms with E-state index in [1.165, 1.54) is 0 Å². The summed E-state index contributed by atoms with van der Waals surface area (Å²) >= 11 is 0. The van der Waals surface area contributed by atoms with Gasteiger partial charge >= 0.3 is 71.1 Å². The molecule has 0 aliphatic heterocycles. The molecule has 18 heavy (non-hydrogen) atoms. The van der Waals surface area contributed by atoms with Gasteiger partial charge in [0.1, 0.15) is 12.3 Å². The maximum Gasteiger partial charge on any atom is 1.00 e. The van der Waals surface area contributed by atoms with Gasteiger partial charge in [-0.25, -0.2) is 4.79 Å². The van der Waals surface area contributed by atoms with E-state index in [2.05, 4.69) is 5.32 Å². The summed E-state index contributed by atoms with van der Waals surface area (Å²) in [5.74, 6) is -3.03. The van der Waals surface area contributed by atoms with E-state index in [0.717, 1.165) is 0 Å². The zero-order valence-electron chi connectivity index (χ0n) is 12.5. The Labute approximate surface area is 151 Å². The Bertz CT molecular complexity index is 306. The molecule has 7 nitrogen and oxygen atoms in total. The zero-order chi connectivity index (χ0) is 12.6. The molecule has 0 aromatic heterocycles. The maximum absolute atomic E-state index is 11.1. The average molecular weight is 279 g/mol. The van der Waals surface area contributed by atoms with Crippen molar-refractivity contribution in [2.24, 2.45) is 0 Å². The number of carboxylic acid groups (broad SMARTS) is 2. The van der Waals surface area contributed by atoms with Gasteiger partial charge in [0, 0.05) is 12.8 Å². The molecule has 0 spiro atoms. The molecule has 0 aromatic carbocycles. The molecule has 0 saturated carbocycles. The quantitative estimate of drug-likeness (QED) is 0.300. The Morgan fingerprint density at radius 3 is 2.11 bits per heavy atom. The van der Waals surface area contributed by atoms with Crippen molar-refractivity contribution in [3.63, 3.8) is 0 Å². The van der Waals surface area contributed by atoms with E-state index in [1.54, 1.807) is 0 Å². The Kier molecular flexibility index (Phi) is 17.4. The molecule has 1 unspecified atom stereocenters. The first-order chi connectivity index (χ1) is 7.47. The number of rotatable bonds is 8. The molecule has 0 rings (SSSR count). The molecule has 0 fully saturated rings. The van der Waals surface area contributed by atoms with Crippen LogP contribution in [0.5, 0.6) is 0 Å². The zero-order valence-corrected chi connectivity index (χ0v) is 14.5. The normalized spacial score (nSPS) is 10.2. The smallest absolute Gasteiger partial charge is 1.00 e. The second kappa shape index (κ2) is 13.5. The molecule has 0 saturated heterocycles. The van der Waals surface area contributed by atoms with Crippen LogP contribution in [0, 0.1) is 0 Å². The van der Waals surface area contributed by atoms with Crippen LogP contribution in [0.15, 0.2) is 0 Å². The molecule has 1 amide bonds. The largest absolute Gasteiger partial charge is 1.00 e. The number of hydrogen-bond donors (Lipinski definition) is 3. The van der Waals surface area contributed by atoms with E-state index < -0.39 is 23.9 Å². The summed E-state index contributed by atoms with van der Waals surface area (Å²) in [4.78, 5) is 41.9. The molecule has 3 N–H and O–H groups in total. The van der Waals surface area contributed by atoms with Gasteiger partial charge in [0.15, 0.2) is 0 Å². The van der Waals surface area contributed by atoms with Crippen LogP contribution in [0.1, 0.15) is 28.5 Å². The summed E-state index contributed by atoms with van der Waals surface area (Å²) in [6.45, 7) is 0. The summed E-state index contributed by atoms with van der Waals surface area (Å²) in [5.41, 5.74) is 0. The van der Waals surface area contributed by atoms with E-state index in [-0.39, 0.29) is 87.7 Å². The number of carbonyl (C=O) groups excluding carboxylic acids is 2. The van der Waals surface area contributed by atoms with Crippen LogP contribution in [0.3, 0.4) is 0 Å². The first-order valence-corrected chi connectivity index (χ1v) is 4.65. The number of nitrogens with one attached hydrogen (secondary N) is 1. The molecule has 1 atom stereocenters. The molecule has 94 valence electrons.